The summed E-state index contributed by atoms with van der Waals surface area (Å²) in [5.41, 5.74) is 1.70. The maximum Gasteiger partial charge on any atom is 0.289 e. The number of amides is 1. The third kappa shape index (κ3) is 3.26. The lowest BCUT2D eigenvalue weighted by Crippen LogP contribution is -2.25. The Kier molecular flexibility index (Phi) is 4.14. The molecule has 3 rings (SSSR count). The summed E-state index contributed by atoms with van der Waals surface area (Å²) in [5.74, 6) is 0.851. The molecule has 6 nitrogen and oxygen atoms in total. The van der Waals surface area contributed by atoms with Crippen molar-refractivity contribution >= 4 is 5.91 Å². The van der Waals surface area contributed by atoms with Gasteiger partial charge in [-0.1, -0.05) is 35.5 Å². The summed E-state index contributed by atoms with van der Waals surface area (Å²) in [4.78, 5) is 13.8. The van der Waals surface area contributed by atoms with Crippen molar-refractivity contribution in [2.75, 3.05) is 14.2 Å². The number of carbonyl (C=O) groups excluding carboxylic acids is 1. The zero-order valence-electron chi connectivity index (χ0n) is 12.9. The van der Waals surface area contributed by atoms with E-state index in [9.17, 15) is 4.79 Å². The Balaban J connectivity index is 1.69. The Morgan fingerprint density at radius 3 is 2.70 bits per heavy atom. The van der Waals surface area contributed by atoms with Crippen LogP contribution in [0.3, 0.4) is 0 Å². The normalized spacial score (nSPS) is 10.5. The summed E-state index contributed by atoms with van der Waals surface area (Å²) in [6.07, 6.45) is 0. The van der Waals surface area contributed by atoms with Crippen molar-refractivity contribution in [2.24, 2.45) is 0 Å². The van der Waals surface area contributed by atoms with E-state index in [2.05, 4.69) is 5.16 Å². The highest BCUT2D eigenvalue weighted by atomic mass is 16.6. The minimum absolute atomic E-state index is 0.215. The fraction of sp³-hybridized carbons (Fsp3) is 0.176. The summed E-state index contributed by atoms with van der Waals surface area (Å²) < 4.78 is 15.5. The van der Waals surface area contributed by atoms with Gasteiger partial charge in [0.1, 0.15) is 5.69 Å². The highest BCUT2D eigenvalue weighted by molar-refractivity contribution is 5.91. The summed E-state index contributed by atoms with van der Waals surface area (Å²) >= 11 is 0. The predicted octanol–water partition coefficient (Wildman–Crippen LogP) is 3.22. The van der Waals surface area contributed by atoms with Crippen molar-refractivity contribution in [3.8, 4) is 17.2 Å². The average molecular weight is 312 g/mol. The number of rotatable bonds is 5. The van der Waals surface area contributed by atoms with Crippen LogP contribution < -0.4 is 4.74 Å². The topological polar surface area (TPSA) is 68.7 Å². The zero-order valence-corrected chi connectivity index (χ0v) is 12.9. The molecule has 0 aliphatic rings. The van der Waals surface area contributed by atoms with Crippen LogP contribution in [0.25, 0.3) is 11.3 Å². The molecular formula is C17H16N2O4. The lowest BCUT2D eigenvalue weighted by Gasteiger charge is -2.13. The van der Waals surface area contributed by atoms with Crippen LogP contribution in [0.4, 0.5) is 0 Å². The quantitative estimate of drug-likeness (QED) is 0.723. The third-order valence-corrected chi connectivity index (χ3v) is 3.36. The number of nitrogens with zero attached hydrogens (tertiary/aromatic N) is 2. The number of hydrogen-bond donors (Lipinski definition) is 0. The van der Waals surface area contributed by atoms with E-state index in [1.807, 2.05) is 36.4 Å². The molecule has 1 amide bonds. The average Bonchev–Trinajstić information content (AvgIpc) is 3.24. The molecule has 0 fully saturated rings. The van der Waals surface area contributed by atoms with Crippen molar-refractivity contribution in [1.29, 1.82) is 0 Å². The molecule has 6 heteroatoms. The second-order valence-electron chi connectivity index (χ2n) is 5.03. The van der Waals surface area contributed by atoms with Crippen molar-refractivity contribution in [3.05, 3.63) is 60.1 Å². The molecule has 118 valence electrons. The van der Waals surface area contributed by atoms with Gasteiger partial charge in [0.25, 0.3) is 11.9 Å². The fourth-order valence-corrected chi connectivity index (χ4v) is 2.17. The number of ether oxygens (including phenoxy) is 1. The molecule has 0 aliphatic carbocycles. The first-order valence-corrected chi connectivity index (χ1v) is 7.07. The molecule has 1 aromatic carbocycles. The van der Waals surface area contributed by atoms with Crippen LogP contribution in [0.15, 0.2) is 57.5 Å². The number of carbonyl (C=O) groups is 1. The maximum absolute atomic E-state index is 12.3. The molecule has 3 aromatic rings. The zero-order chi connectivity index (χ0) is 16.2. The summed E-state index contributed by atoms with van der Waals surface area (Å²) in [6.45, 7) is 0.293. The van der Waals surface area contributed by atoms with E-state index in [4.69, 9.17) is 13.7 Å². The molecule has 23 heavy (non-hydrogen) atoms. The van der Waals surface area contributed by atoms with Crippen LogP contribution in [-0.2, 0) is 6.54 Å². The van der Waals surface area contributed by atoms with Gasteiger partial charge in [0, 0.05) is 24.7 Å². The van der Waals surface area contributed by atoms with Gasteiger partial charge in [0.05, 0.1) is 13.7 Å². The summed E-state index contributed by atoms with van der Waals surface area (Å²) in [7, 11) is 3.15. The highest BCUT2D eigenvalue weighted by Crippen LogP contribution is 2.20. The largest absolute Gasteiger partial charge is 0.468 e. The van der Waals surface area contributed by atoms with Gasteiger partial charge in [-0.3, -0.25) is 4.79 Å². The molecule has 0 saturated heterocycles. The van der Waals surface area contributed by atoms with Gasteiger partial charge in [0.2, 0.25) is 0 Å². The predicted molar refractivity (Wildman–Crippen MR) is 83.0 cm³/mol. The molecule has 0 saturated carbocycles. The minimum Gasteiger partial charge on any atom is -0.468 e. The molecule has 0 radical (unpaired) electrons. The van der Waals surface area contributed by atoms with Gasteiger partial charge >= 0.3 is 0 Å². The summed E-state index contributed by atoms with van der Waals surface area (Å²) in [5, 5.41) is 4.03. The first kappa shape index (κ1) is 14.9. The fourth-order valence-electron chi connectivity index (χ4n) is 2.17. The molecule has 0 bridgehead atoms. The Hall–Kier alpha value is -3.02. The highest BCUT2D eigenvalue weighted by Gasteiger charge is 2.18. The van der Waals surface area contributed by atoms with Crippen molar-refractivity contribution < 1.29 is 18.5 Å². The van der Waals surface area contributed by atoms with E-state index in [1.54, 1.807) is 19.2 Å². The Morgan fingerprint density at radius 2 is 2.00 bits per heavy atom. The number of hydrogen-bond acceptors (Lipinski definition) is 5. The monoisotopic (exact) mass is 312 g/mol. The van der Waals surface area contributed by atoms with Crippen molar-refractivity contribution in [3.63, 3.8) is 0 Å². The lowest BCUT2D eigenvalue weighted by molar-refractivity contribution is 0.0734. The van der Waals surface area contributed by atoms with Gasteiger partial charge < -0.3 is 18.6 Å². The minimum atomic E-state index is -0.258. The van der Waals surface area contributed by atoms with E-state index in [0.717, 1.165) is 11.3 Å². The lowest BCUT2D eigenvalue weighted by atomic mass is 10.1. The van der Waals surface area contributed by atoms with Crippen LogP contribution >= 0.6 is 0 Å². The first-order valence-electron chi connectivity index (χ1n) is 7.07. The molecule has 2 aromatic heterocycles. The van der Waals surface area contributed by atoms with Gasteiger partial charge in [-0.25, -0.2) is 0 Å². The molecular weight excluding hydrogens is 296 g/mol. The van der Waals surface area contributed by atoms with Crippen LogP contribution in [-0.4, -0.2) is 30.1 Å². The number of benzene rings is 1. The van der Waals surface area contributed by atoms with E-state index in [-0.39, 0.29) is 11.7 Å². The van der Waals surface area contributed by atoms with Crippen molar-refractivity contribution in [1.82, 2.24) is 10.1 Å². The van der Waals surface area contributed by atoms with Gasteiger partial charge in [-0.15, -0.1) is 0 Å². The molecule has 0 aliphatic heterocycles. The van der Waals surface area contributed by atoms with Crippen molar-refractivity contribution in [2.45, 2.75) is 6.54 Å². The van der Waals surface area contributed by atoms with Crippen LogP contribution in [0.2, 0.25) is 0 Å². The molecule has 0 unspecified atom stereocenters. The Morgan fingerprint density at radius 1 is 1.22 bits per heavy atom. The molecule has 0 spiro atoms. The SMILES string of the molecule is COc1ccc(C(=O)N(C)Cc2cc(-c3ccccc3)no2)o1. The first-order chi connectivity index (χ1) is 11.2. The van der Waals surface area contributed by atoms with Crippen LogP contribution in [0.1, 0.15) is 16.3 Å². The maximum atomic E-state index is 12.3. The molecule has 2 heterocycles. The smallest absolute Gasteiger partial charge is 0.289 e. The Labute approximate surface area is 133 Å². The number of furan rings is 1. The molecule has 0 N–H and O–H groups in total. The van der Waals surface area contributed by atoms with Crippen LogP contribution in [0.5, 0.6) is 5.95 Å². The Bertz CT molecular complexity index is 792. The second kappa shape index (κ2) is 6.39. The molecule has 0 atom stereocenters. The number of aromatic nitrogens is 1. The standard InChI is InChI=1S/C17H16N2O4/c1-19(17(20)15-8-9-16(21-2)22-15)11-13-10-14(18-23-13)12-6-4-3-5-7-12/h3-10H,11H2,1-2H3. The van der Waals surface area contributed by atoms with Crippen LogP contribution in [0, 0.1) is 0 Å². The van der Waals surface area contributed by atoms with Gasteiger partial charge in [-0.05, 0) is 6.07 Å². The van der Waals surface area contributed by atoms with Gasteiger partial charge in [-0.2, -0.15) is 0 Å². The van der Waals surface area contributed by atoms with Gasteiger partial charge in [0.15, 0.2) is 11.5 Å². The van der Waals surface area contributed by atoms with E-state index in [1.165, 1.54) is 12.0 Å². The summed E-state index contributed by atoms with van der Waals surface area (Å²) in [6, 6.07) is 14.7. The van der Waals surface area contributed by atoms with E-state index >= 15 is 0 Å². The third-order valence-electron chi connectivity index (χ3n) is 3.36. The number of methoxy groups -OCH3 is 1. The second-order valence-corrected chi connectivity index (χ2v) is 5.03. The van der Waals surface area contributed by atoms with E-state index < -0.39 is 0 Å². The van der Waals surface area contributed by atoms with E-state index in [0.29, 0.717) is 18.3 Å².